The molecular formula is C28H33N3O3S. The van der Waals surface area contributed by atoms with Gasteiger partial charge in [-0.15, -0.1) is 0 Å². The number of nitrogens with one attached hydrogen (secondary N) is 1. The summed E-state index contributed by atoms with van der Waals surface area (Å²) in [6.07, 6.45) is 0. The Kier molecular flexibility index (Phi) is 7.69. The van der Waals surface area contributed by atoms with Crippen molar-refractivity contribution in [3.63, 3.8) is 0 Å². The average molecular weight is 492 g/mol. The second kappa shape index (κ2) is 10.7. The minimum Gasteiger partial charge on any atom is -0.346 e. The zero-order valence-electron chi connectivity index (χ0n) is 20.6. The summed E-state index contributed by atoms with van der Waals surface area (Å²) in [4.78, 5) is 15.4. The number of piperazine rings is 1. The Bertz CT molecular complexity index is 1270. The number of carbonyl (C=O) groups is 1. The van der Waals surface area contributed by atoms with Crippen LogP contribution in [0.15, 0.2) is 77.7 Å². The van der Waals surface area contributed by atoms with E-state index in [9.17, 15) is 13.2 Å². The minimum absolute atomic E-state index is 0.0776. The summed E-state index contributed by atoms with van der Waals surface area (Å²) in [6.45, 7) is 9.12. The maximum atomic E-state index is 12.8. The molecule has 1 aliphatic rings. The molecule has 1 N–H and O–H groups in total. The Labute approximate surface area is 208 Å². The Hall–Kier alpha value is -3.00. The fourth-order valence-corrected chi connectivity index (χ4v) is 6.00. The van der Waals surface area contributed by atoms with Crippen molar-refractivity contribution < 1.29 is 13.2 Å². The normalized spacial score (nSPS) is 16.1. The van der Waals surface area contributed by atoms with Crippen molar-refractivity contribution in [2.45, 2.75) is 38.3 Å². The van der Waals surface area contributed by atoms with Crippen molar-refractivity contribution in [3.8, 4) is 0 Å². The summed E-state index contributed by atoms with van der Waals surface area (Å²) < 4.78 is 27.2. The van der Waals surface area contributed by atoms with Gasteiger partial charge in [0.25, 0.3) is 5.91 Å². The van der Waals surface area contributed by atoms with Gasteiger partial charge in [-0.05, 0) is 61.7 Å². The fraction of sp³-hybridized carbons (Fsp3) is 0.321. The molecular weight excluding hydrogens is 458 g/mol. The molecule has 7 heteroatoms. The average Bonchev–Trinajstić information content (AvgIpc) is 2.85. The second-order valence-corrected chi connectivity index (χ2v) is 11.2. The first-order valence-electron chi connectivity index (χ1n) is 12.0. The van der Waals surface area contributed by atoms with Crippen molar-refractivity contribution in [3.05, 3.63) is 101 Å². The fourth-order valence-electron chi connectivity index (χ4n) is 4.56. The highest BCUT2D eigenvalue weighted by Gasteiger charge is 2.28. The maximum absolute atomic E-state index is 12.8. The van der Waals surface area contributed by atoms with Gasteiger partial charge in [0.15, 0.2) is 0 Å². The number of hydrogen-bond donors (Lipinski definition) is 1. The number of nitrogens with zero attached hydrogens (tertiary/aromatic N) is 2. The monoisotopic (exact) mass is 491 g/mol. The second-order valence-electron chi connectivity index (χ2n) is 9.25. The molecule has 1 atom stereocenters. The lowest BCUT2D eigenvalue weighted by atomic mass is 10.00. The molecule has 0 unspecified atom stereocenters. The first-order chi connectivity index (χ1) is 16.7. The van der Waals surface area contributed by atoms with Crippen LogP contribution in [0.4, 0.5) is 0 Å². The van der Waals surface area contributed by atoms with Crippen LogP contribution in [0.3, 0.4) is 0 Å². The van der Waals surface area contributed by atoms with Crippen molar-refractivity contribution in [1.82, 2.24) is 14.5 Å². The smallest absolute Gasteiger partial charge is 0.251 e. The van der Waals surface area contributed by atoms with Gasteiger partial charge in [-0.2, -0.15) is 4.31 Å². The third-order valence-corrected chi connectivity index (χ3v) is 8.49. The zero-order chi connectivity index (χ0) is 25.0. The first kappa shape index (κ1) is 25.1. The number of sulfonamides is 1. The van der Waals surface area contributed by atoms with E-state index >= 15 is 0 Å². The Morgan fingerprint density at radius 1 is 0.914 bits per heavy atom. The molecule has 184 valence electrons. The summed E-state index contributed by atoms with van der Waals surface area (Å²) in [5.74, 6) is -0.0937. The number of benzene rings is 3. The number of amides is 1. The summed E-state index contributed by atoms with van der Waals surface area (Å²) in [6, 6.07) is 22.4. The van der Waals surface area contributed by atoms with Crippen molar-refractivity contribution in [2.24, 2.45) is 0 Å². The van der Waals surface area contributed by atoms with Crippen LogP contribution in [-0.4, -0.2) is 49.7 Å². The van der Waals surface area contributed by atoms with Crippen LogP contribution in [0.2, 0.25) is 0 Å². The van der Waals surface area contributed by atoms with Crippen LogP contribution in [0.1, 0.15) is 45.6 Å². The molecule has 0 bridgehead atoms. The van der Waals surface area contributed by atoms with E-state index in [4.69, 9.17) is 0 Å². The first-order valence-corrected chi connectivity index (χ1v) is 13.4. The van der Waals surface area contributed by atoms with Gasteiger partial charge in [-0.25, -0.2) is 8.42 Å². The van der Waals surface area contributed by atoms with E-state index < -0.39 is 10.0 Å². The summed E-state index contributed by atoms with van der Waals surface area (Å²) in [7, 11) is -3.45. The van der Waals surface area contributed by atoms with Gasteiger partial charge in [-0.1, -0.05) is 54.1 Å². The lowest BCUT2D eigenvalue weighted by Crippen LogP contribution is -2.48. The largest absolute Gasteiger partial charge is 0.346 e. The zero-order valence-corrected chi connectivity index (χ0v) is 21.4. The van der Waals surface area contributed by atoms with E-state index in [0.717, 1.165) is 17.7 Å². The Morgan fingerprint density at radius 2 is 1.57 bits per heavy atom. The Morgan fingerprint density at radius 3 is 2.20 bits per heavy atom. The molecule has 0 spiro atoms. The van der Waals surface area contributed by atoms with Gasteiger partial charge in [0.2, 0.25) is 10.0 Å². The minimum atomic E-state index is -3.45. The molecule has 0 aliphatic carbocycles. The molecule has 3 aromatic rings. The summed E-state index contributed by atoms with van der Waals surface area (Å²) >= 11 is 0. The lowest BCUT2D eigenvalue weighted by molar-refractivity contribution is 0.0940. The number of aryl methyl sites for hydroxylation is 2. The molecule has 35 heavy (non-hydrogen) atoms. The molecule has 1 saturated heterocycles. The van der Waals surface area contributed by atoms with E-state index in [1.807, 2.05) is 37.3 Å². The van der Waals surface area contributed by atoms with Crippen LogP contribution < -0.4 is 5.32 Å². The summed E-state index contributed by atoms with van der Waals surface area (Å²) in [5, 5.41) is 3.09. The third-order valence-electron chi connectivity index (χ3n) is 6.57. The predicted octanol–water partition coefficient (Wildman–Crippen LogP) is 4.30. The van der Waals surface area contributed by atoms with Crippen molar-refractivity contribution in [1.29, 1.82) is 0 Å². The molecule has 1 fully saturated rings. The molecule has 0 radical (unpaired) electrons. The molecule has 1 aliphatic heterocycles. The van der Waals surface area contributed by atoms with Crippen LogP contribution in [0.25, 0.3) is 0 Å². The molecule has 1 amide bonds. The van der Waals surface area contributed by atoms with Crippen molar-refractivity contribution >= 4 is 15.9 Å². The van der Waals surface area contributed by atoms with Gasteiger partial charge < -0.3 is 5.32 Å². The SMILES string of the molecule is Cc1ccc([C@H](C)NC(=O)c2ccc(CN3CCN(S(=O)(=O)c4ccccc4)CC3)cc2)c(C)c1. The van der Waals surface area contributed by atoms with Gasteiger partial charge in [-0.3, -0.25) is 9.69 Å². The van der Waals surface area contributed by atoms with Gasteiger partial charge in [0.05, 0.1) is 10.9 Å². The molecule has 4 rings (SSSR count). The van der Waals surface area contributed by atoms with E-state index in [1.165, 1.54) is 11.1 Å². The highest BCUT2D eigenvalue weighted by molar-refractivity contribution is 7.89. The quantitative estimate of drug-likeness (QED) is 0.535. The Balaban J connectivity index is 1.31. The third kappa shape index (κ3) is 5.99. The standard InChI is InChI=1S/C28H33N3O3S/c1-21-9-14-27(22(2)19-21)23(3)29-28(32)25-12-10-24(11-13-25)20-30-15-17-31(18-16-30)35(33,34)26-7-5-4-6-8-26/h4-14,19,23H,15-18,20H2,1-3H3,(H,29,32)/t23-/m0/s1. The molecule has 0 saturated carbocycles. The van der Waals surface area contributed by atoms with E-state index in [0.29, 0.717) is 36.6 Å². The summed E-state index contributed by atoms with van der Waals surface area (Å²) in [5.41, 5.74) is 5.23. The van der Waals surface area contributed by atoms with Gasteiger partial charge in [0, 0.05) is 38.3 Å². The maximum Gasteiger partial charge on any atom is 0.251 e. The van der Waals surface area contributed by atoms with Crippen LogP contribution >= 0.6 is 0 Å². The number of carbonyl (C=O) groups excluding carboxylic acids is 1. The van der Waals surface area contributed by atoms with Crippen molar-refractivity contribution in [2.75, 3.05) is 26.2 Å². The molecule has 3 aromatic carbocycles. The van der Waals surface area contributed by atoms with Crippen LogP contribution in [-0.2, 0) is 16.6 Å². The number of hydrogen-bond acceptors (Lipinski definition) is 4. The van der Waals surface area contributed by atoms with Crippen LogP contribution in [0.5, 0.6) is 0 Å². The highest BCUT2D eigenvalue weighted by atomic mass is 32.2. The highest BCUT2D eigenvalue weighted by Crippen LogP contribution is 2.20. The molecule has 1 heterocycles. The molecule has 0 aromatic heterocycles. The molecule has 6 nitrogen and oxygen atoms in total. The van der Waals surface area contributed by atoms with E-state index in [2.05, 4.69) is 42.3 Å². The lowest BCUT2D eigenvalue weighted by Gasteiger charge is -2.34. The van der Waals surface area contributed by atoms with E-state index in [-0.39, 0.29) is 11.9 Å². The number of rotatable bonds is 7. The topological polar surface area (TPSA) is 69.7 Å². The van der Waals surface area contributed by atoms with Crippen LogP contribution in [0, 0.1) is 13.8 Å². The van der Waals surface area contributed by atoms with Gasteiger partial charge >= 0.3 is 0 Å². The van der Waals surface area contributed by atoms with Gasteiger partial charge in [0.1, 0.15) is 0 Å². The predicted molar refractivity (Wildman–Crippen MR) is 139 cm³/mol. The van der Waals surface area contributed by atoms with E-state index in [1.54, 1.807) is 28.6 Å².